The molecule has 0 heterocycles. The van der Waals surface area contributed by atoms with Gasteiger partial charge in [0.15, 0.2) is 0 Å². The lowest BCUT2D eigenvalue weighted by Crippen LogP contribution is -2.36. The molecule has 1 atom stereocenters. The molecule has 4 N–H and O–H groups in total. The van der Waals surface area contributed by atoms with Crippen molar-refractivity contribution in [3.8, 4) is 0 Å². The predicted molar refractivity (Wildman–Crippen MR) is 62.1 cm³/mol. The van der Waals surface area contributed by atoms with Gasteiger partial charge < -0.3 is 16.3 Å². The van der Waals surface area contributed by atoms with Crippen LogP contribution < -0.4 is 11.1 Å². The Bertz CT molecular complexity index is 200. The van der Waals surface area contributed by atoms with Crippen molar-refractivity contribution in [3.05, 3.63) is 0 Å². The van der Waals surface area contributed by atoms with Crippen molar-refractivity contribution in [2.45, 2.75) is 51.5 Å². The van der Waals surface area contributed by atoms with Gasteiger partial charge in [-0.05, 0) is 25.7 Å². The lowest BCUT2D eigenvalue weighted by Gasteiger charge is -2.28. The number of amidine groups is 1. The Morgan fingerprint density at radius 1 is 1.47 bits per heavy atom. The van der Waals surface area contributed by atoms with Gasteiger partial charge >= 0.3 is 0 Å². The molecule has 4 nitrogen and oxygen atoms in total. The number of nitrogens with zero attached hydrogens (tertiary/aromatic N) is 1. The average molecular weight is 213 g/mol. The van der Waals surface area contributed by atoms with Crippen LogP contribution in [0.3, 0.4) is 0 Å². The topological polar surface area (TPSA) is 70.6 Å². The fourth-order valence-electron chi connectivity index (χ4n) is 2.28. The van der Waals surface area contributed by atoms with Gasteiger partial charge in [-0.2, -0.15) is 0 Å². The third-order valence-electron chi connectivity index (χ3n) is 3.33. The highest BCUT2D eigenvalue weighted by atomic mass is 16.4. The Balaban J connectivity index is 2.14. The fourth-order valence-corrected chi connectivity index (χ4v) is 2.28. The lowest BCUT2D eigenvalue weighted by atomic mass is 9.84. The number of nitrogens with one attached hydrogen (secondary N) is 1. The van der Waals surface area contributed by atoms with Crippen LogP contribution in [-0.4, -0.2) is 23.6 Å². The molecule has 1 unspecified atom stereocenters. The maximum atomic E-state index is 8.38. The summed E-state index contributed by atoms with van der Waals surface area (Å²) in [6.07, 6.45) is 7.45. The summed E-state index contributed by atoms with van der Waals surface area (Å²) < 4.78 is 0. The molecule has 15 heavy (non-hydrogen) atoms. The van der Waals surface area contributed by atoms with Crippen LogP contribution in [0.5, 0.6) is 0 Å². The molecule has 0 aliphatic heterocycles. The second-order valence-corrected chi connectivity index (χ2v) is 4.48. The van der Waals surface area contributed by atoms with Crippen molar-refractivity contribution in [1.29, 1.82) is 0 Å². The van der Waals surface area contributed by atoms with Gasteiger partial charge in [0.2, 0.25) is 0 Å². The van der Waals surface area contributed by atoms with Gasteiger partial charge in [-0.25, -0.2) is 0 Å². The van der Waals surface area contributed by atoms with Gasteiger partial charge in [-0.3, -0.25) is 0 Å². The first-order valence-corrected chi connectivity index (χ1v) is 5.94. The quantitative estimate of drug-likeness (QED) is 0.282. The first-order chi connectivity index (χ1) is 7.24. The summed E-state index contributed by atoms with van der Waals surface area (Å²) in [5, 5.41) is 14.8. The molecule has 4 heteroatoms. The molecule has 0 aromatic rings. The molecule has 0 spiro atoms. The summed E-state index contributed by atoms with van der Waals surface area (Å²) in [5.74, 6) is 1.12. The smallest absolute Gasteiger partial charge is 0.140 e. The van der Waals surface area contributed by atoms with E-state index in [1.807, 2.05) is 0 Å². The Labute approximate surface area is 91.9 Å². The minimum Gasteiger partial charge on any atom is -0.409 e. The van der Waals surface area contributed by atoms with E-state index in [0.29, 0.717) is 18.3 Å². The number of rotatable bonds is 5. The van der Waals surface area contributed by atoms with Gasteiger partial charge in [0, 0.05) is 19.0 Å². The van der Waals surface area contributed by atoms with E-state index in [2.05, 4.69) is 17.4 Å². The maximum absolute atomic E-state index is 8.38. The van der Waals surface area contributed by atoms with Crippen LogP contribution in [-0.2, 0) is 0 Å². The molecule has 1 fully saturated rings. The second kappa shape index (κ2) is 6.67. The third kappa shape index (κ3) is 4.51. The van der Waals surface area contributed by atoms with E-state index in [9.17, 15) is 0 Å². The van der Waals surface area contributed by atoms with Gasteiger partial charge in [0.05, 0.1) is 0 Å². The van der Waals surface area contributed by atoms with E-state index < -0.39 is 0 Å². The van der Waals surface area contributed by atoms with E-state index in [0.717, 1.165) is 12.5 Å². The average Bonchev–Trinajstić information content (AvgIpc) is 2.29. The predicted octanol–water partition coefficient (Wildman–Crippen LogP) is 1.68. The van der Waals surface area contributed by atoms with Crippen LogP contribution in [0.1, 0.15) is 45.4 Å². The van der Waals surface area contributed by atoms with Crippen LogP contribution >= 0.6 is 0 Å². The fraction of sp³-hybridized carbons (Fsp3) is 0.909. The third-order valence-corrected chi connectivity index (χ3v) is 3.33. The maximum Gasteiger partial charge on any atom is 0.140 e. The van der Waals surface area contributed by atoms with Crippen molar-refractivity contribution in [3.63, 3.8) is 0 Å². The van der Waals surface area contributed by atoms with Crippen molar-refractivity contribution < 1.29 is 5.21 Å². The Morgan fingerprint density at radius 2 is 2.13 bits per heavy atom. The largest absolute Gasteiger partial charge is 0.409 e. The summed E-state index contributed by atoms with van der Waals surface area (Å²) in [6.45, 7) is 3.04. The summed E-state index contributed by atoms with van der Waals surface area (Å²) in [5.41, 5.74) is 5.40. The highest BCUT2D eigenvalue weighted by Crippen LogP contribution is 2.26. The van der Waals surface area contributed by atoms with Gasteiger partial charge in [-0.1, -0.05) is 24.4 Å². The first-order valence-electron chi connectivity index (χ1n) is 5.94. The minimum absolute atomic E-state index is 0.304. The zero-order valence-corrected chi connectivity index (χ0v) is 9.58. The standard InChI is InChI=1S/C11H23N3O/c1-9(10-5-3-2-4-6-10)13-8-7-11(12)14-15/h9-10,13,15H,2-8H2,1H3,(H2,12,14). The van der Waals surface area contributed by atoms with Crippen molar-refractivity contribution in [1.82, 2.24) is 5.32 Å². The van der Waals surface area contributed by atoms with Crippen LogP contribution in [0.4, 0.5) is 0 Å². The normalized spacial score (nSPS) is 21.5. The molecule has 0 bridgehead atoms. The highest BCUT2D eigenvalue weighted by Gasteiger charge is 2.19. The van der Waals surface area contributed by atoms with E-state index in [4.69, 9.17) is 10.9 Å². The van der Waals surface area contributed by atoms with Crippen molar-refractivity contribution in [2.75, 3.05) is 6.54 Å². The zero-order valence-electron chi connectivity index (χ0n) is 9.58. The molecule has 0 amide bonds. The molecule has 88 valence electrons. The van der Waals surface area contributed by atoms with Gasteiger partial charge in [0.25, 0.3) is 0 Å². The molecule has 1 aliphatic rings. The van der Waals surface area contributed by atoms with Crippen molar-refractivity contribution >= 4 is 5.84 Å². The molecule has 0 aromatic heterocycles. The summed E-state index contributed by atoms with van der Waals surface area (Å²) in [7, 11) is 0. The molecule has 0 saturated heterocycles. The van der Waals surface area contributed by atoms with E-state index in [1.165, 1.54) is 32.1 Å². The Kier molecular flexibility index (Phi) is 5.47. The lowest BCUT2D eigenvalue weighted by molar-refractivity contribution is 0.282. The number of oxime groups is 1. The number of nitrogens with two attached hydrogens (primary N) is 1. The van der Waals surface area contributed by atoms with Crippen molar-refractivity contribution in [2.24, 2.45) is 16.8 Å². The summed E-state index contributed by atoms with van der Waals surface area (Å²) in [4.78, 5) is 0. The summed E-state index contributed by atoms with van der Waals surface area (Å²) >= 11 is 0. The molecule has 1 aliphatic carbocycles. The molecule has 0 aromatic carbocycles. The van der Waals surface area contributed by atoms with Gasteiger partial charge in [0.1, 0.15) is 5.84 Å². The van der Waals surface area contributed by atoms with Crippen LogP contribution in [0, 0.1) is 5.92 Å². The van der Waals surface area contributed by atoms with Gasteiger partial charge in [-0.15, -0.1) is 0 Å². The summed E-state index contributed by atoms with van der Waals surface area (Å²) in [6, 6.07) is 0.553. The monoisotopic (exact) mass is 213 g/mol. The van der Waals surface area contributed by atoms with Crippen LogP contribution in [0.15, 0.2) is 5.16 Å². The molecule has 1 rings (SSSR count). The number of hydrogen-bond donors (Lipinski definition) is 3. The molecular formula is C11H23N3O. The number of hydrogen-bond acceptors (Lipinski definition) is 3. The Hall–Kier alpha value is -0.770. The highest BCUT2D eigenvalue weighted by molar-refractivity contribution is 5.79. The molecular weight excluding hydrogens is 190 g/mol. The first kappa shape index (κ1) is 12.3. The van der Waals surface area contributed by atoms with E-state index in [1.54, 1.807) is 0 Å². The minimum atomic E-state index is 0.304. The molecule has 0 radical (unpaired) electrons. The van der Waals surface area contributed by atoms with Crippen LogP contribution in [0.25, 0.3) is 0 Å². The van der Waals surface area contributed by atoms with Crippen LogP contribution in [0.2, 0.25) is 0 Å². The van der Waals surface area contributed by atoms with E-state index >= 15 is 0 Å². The second-order valence-electron chi connectivity index (χ2n) is 4.48. The zero-order chi connectivity index (χ0) is 11.1. The Morgan fingerprint density at radius 3 is 2.73 bits per heavy atom. The SMILES string of the molecule is CC(NCCC(N)=NO)C1CCCCC1. The molecule has 1 saturated carbocycles. The van der Waals surface area contributed by atoms with E-state index in [-0.39, 0.29) is 0 Å².